The molecule has 2 aromatic heterocycles. The van der Waals surface area contributed by atoms with E-state index in [2.05, 4.69) is 16.9 Å². The minimum Gasteiger partial charge on any atom is -0.364 e. The molecule has 0 bridgehead atoms. The van der Waals surface area contributed by atoms with Gasteiger partial charge in [-0.2, -0.15) is 0 Å². The number of Topliss-reactive ketones (excluding diaryl/α,β-unsaturated/α-hetero) is 1. The van der Waals surface area contributed by atoms with Crippen LogP contribution < -0.4 is 10.6 Å². The molecule has 0 unspecified atom stereocenters. The SMILES string of the molecule is C[C@@H]1C[C@H](N)C[C@H](c2ccncc2CC(=O)c2ccc(F)c3cc(N4CC(F)C4)cnc23)C1. The lowest BCUT2D eigenvalue weighted by molar-refractivity contribution is 0.0994. The van der Waals surface area contributed by atoms with Crippen molar-refractivity contribution in [1.29, 1.82) is 0 Å². The molecule has 3 atom stereocenters. The normalized spacial score (nSPS) is 23.5. The molecule has 2 N–H and O–H groups in total. The molecule has 1 aromatic carbocycles. The lowest BCUT2D eigenvalue weighted by atomic mass is 9.75. The lowest BCUT2D eigenvalue weighted by Gasteiger charge is -2.36. The number of hydrogen-bond donors (Lipinski definition) is 1. The third-order valence-corrected chi connectivity index (χ3v) is 7.00. The number of hydrogen-bond acceptors (Lipinski definition) is 5. The highest BCUT2D eigenvalue weighted by Gasteiger charge is 2.29. The Morgan fingerprint density at radius 3 is 2.76 bits per heavy atom. The summed E-state index contributed by atoms with van der Waals surface area (Å²) in [6, 6.07) is 6.62. The number of alkyl halides is 1. The first-order valence-electron chi connectivity index (χ1n) is 11.6. The molecular weight excluding hydrogens is 422 g/mol. The van der Waals surface area contributed by atoms with E-state index in [1.807, 2.05) is 11.0 Å². The molecule has 1 aliphatic heterocycles. The van der Waals surface area contributed by atoms with Gasteiger partial charge in [-0.1, -0.05) is 6.92 Å². The number of halogens is 2. The second-order valence-corrected chi connectivity index (χ2v) is 9.63. The molecular formula is C26H28F2N4O. The van der Waals surface area contributed by atoms with E-state index in [1.54, 1.807) is 24.7 Å². The van der Waals surface area contributed by atoms with Gasteiger partial charge in [-0.15, -0.1) is 0 Å². The third-order valence-electron chi connectivity index (χ3n) is 7.00. The van der Waals surface area contributed by atoms with Crippen molar-refractivity contribution in [3.05, 3.63) is 65.4 Å². The minimum atomic E-state index is -0.867. The van der Waals surface area contributed by atoms with Gasteiger partial charge in [0, 0.05) is 35.8 Å². The highest BCUT2D eigenvalue weighted by molar-refractivity contribution is 6.08. The molecule has 3 aromatic rings. The number of benzene rings is 1. The fourth-order valence-electron chi connectivity index (χ4n) is 5.37. The first-order valence-corrected chi connectivity index (χ1v) is 11.6. The number of carbonyl (C=O) groups excluding carboxylic acids is 1. The van der Waals surface area contributed by atoms with E-state index in [-0.39, 0.29) is 36.7 Å². The number of carbonyl (C=O) groups is 1. The van der Waals surface area contributed by atoms with Gasteiger partial charge in [0.2, 0.25) is 0 Å². The van der Waals surface area contributed by atoms with Crippen LogP contribution in [0.3, 0.4) is 0 Å². The van der Waals surface area contributed by atoms with Crippen molar-refractivity contribution in [2.75, 3.05) is 18.0 Å². The molecule has 3 heterocycles. The fourth-order valence-corrected chi connectivity index (χ4v) is 5.37. The van der Waals surface area contributed by atoms with Crippen LogP contribution in [0.1, 0.15) is 53.6 Å². The zero-order chi connectivity index (χ0) is 23.1. The standard InChI is InChI=1S/C26H28F2N4O/c1-15-6-16(8-19(29)7-15)21-4-5-30-11-17(21)9-25(33)22-2-3-24(28)23-10-20(12-31-26(22)23)32-13-18(27)14-32/h2-5,10-12,15-16,18-19H,6-9,13-14,29H2,1H3/t15-,16+,19-/m0/s1. The van der Waals surface area contributed by atoms with Crippen LogP contribution in [0.15, 0.2) is 42.9 Å². The number of fused-ring (bicyclic) bond motifs is 1. The Morgan fingerprint density at radius 1 is 1.18 bits per heavy atom. The van der Waals surface area contributed by atoms with E-state index < -0.39 is 12.0 Å². The van der Waals surface area contributed by atoms with Gasteiger partial charge in [-0.25, -0.2) is 8.78 Å². The molecule has 5 nitrogen and oxygen atoms in total. The van der Waals surface area contributed by atoms with Crippen LogP contribution in [-0.4, -0.2) is 41.1 Å². The number of nitrogens with two attached hydrogens (primary N) is 1. The van der Waals surface area contributed by atoms with E-state index in [0.29, 0.717) is 28.6 Å². The van der Waals surface area contributed by atoms with Crippen LogP contribution in [-0.2, 0) is 6.42 Å². The summed E-state index contributed by atoms with van der Waals surface area (Å²) in [6.07, 6.45) is 7.37. The van der Waals surface area contributed by atoms with Crippen molar-refractivity contribution < 1.29 is 13.6 Å². The summed E-state index contributed by atoms with van der Waals surface area (Å²) in [6.45, 7) is 2.78. The van der Waals surface area contributed by atoms with Crippen molar-refractivity contribution in [2.45, 2.75) is 50.7 Å². The monoisotopic (exact) mass is 450 g/mol. The minimum absolute atomic E-state index is 0.129. The maximum atomic E-state index is 14.6. The van der Waals surface area contributed by atoms with Crippen molar-refractivity contribution in [3.8, 4) is 0 Å². The maximum absolute atomic E-state index is 14.6. The van der Waals surface area contributed by atoms with Gasteiger partial charge >= 0.3 is 0 Å². The molecule has 1 aliphatic carbocycles. The van der Waals surface area contributed by atoms with Crippen molar-refractivity contribution in [2.24, 2.45) is 11.7 Å². The summed E-state index contributed by atoms with van der Waals surface area (Å²) in [5.74, 6) is 0.265. The lowest BCUT2D eigenvalue weighted by Crippen LogP contribution is -2.48. The molecule has 5 rings (SSSR count). The van der Waals surface area contributed by atoms with Gasteiger partial charge in [-0.3, -0.25) is 14.8 Å². The van der Waals surface area contributed by atoms with E-state index in [9.17, 15) is 13.6 Å². The molecule has 0 spiro atoms. The molecule has 0 amide bonds. The molecule has 0 radical (unpaired) electrons. The maximum Gasteiger partial charge on any atom is 0.169 e. The quantitative estimate of drug-likeness (QED) is 0.576. The van der Waals surface area contributed by atoms with Crippen LogP contribution in [0, 0.1) is 11.7 Å². The van der Waals surface area contributed by atoms with E-state index >= 15 is 0 Å². The molecule has 1 saturated carbocycles. The van der Waals surface area contributed by atoms with E-state index in [4.69, 9.17) is 5.73 Å². The topological polar surface area (TPSA) is 72.1 Å². The molecule has 33 heavy (non-hydrogen) atoms. The Bertz CT molecular complexity index is 1180. The Kier molecular flexibility index (Phi) is 5.83. The molecule has 2 fully saturated rings. The summed E-state index contributed by atoms with van der Waals surface area (Å²) >= 11 is 0. The van der Waals surface area contributed by atoms with E-state index in [0.717, 1.165) is 30.4 Å². The second kappa shape index (κ2) is 8.78. The van der Waals surface area contributed by atoms with Crippen LogP contribution in [0.4, 0.5) is 14.5 Å². The number of nitrogens with zero attached hydrogens (tertiary/aromatic N) is 3. The summed E-state index contributed by atoms with van der Waals surface area (Å²) in [4.78, 5) is 23.8. The van der Waals surface area contributed by atoms with Crippen LogP contribution >= 0.6 is 0 Å². The highest BCUT2D eigenvalue weighted by atomic mass is 19.1. The second-order valence-electron chi connectivity index (χ2n) is 9.63. The first-order chi connectivity index (χ1) is 15.9. The van der Waals surface area contributed by atoms with Crippen molar-refractivity contribution >= 4 is 22.4 Å². The first kappa shape index (κ1) is 21.9. The van der Waals surface area contributed by atoms with Crippen molar-refractivity contribution in [3.63, 3.8) is 0 Å². The smallest absolute Gasteiger partial charge is 0.169 e. The summed E-state index contributed by atoms with van der Waals surface area (Å²) in [5.41, 5.74) is 9.67. The Labute approximate surface area is 192 Å². The van der Waals surface area contributed by atoms with Gasteiger partial charge in [0.15, 0.2) is 5.78 Å². The number of ketones is 1. The van der Waals surface area contributed by atoms with Gasteiger partial charge in [0.25, 0.3) is 0 Å². The third kappa shape index (κ3) is 4.34. The summed E-state index contributed by atoms with van der Waals surface area (Å²) < 4.78 is 27.9. The van der Waals surface area contributed by atoms with E-state index in [1.165, 1.54) is 12.1 Å². The Morgan fingerprint density at radius 2 is 2.00 bits per heavy atom. The van der Waals surface area contributed by atoms with Crippen LogP contribution in [0.25, 0.3) is 10.9 Å². The predicted octanol–water partition coefficient (Wildman–Crippen LogP) is 4.58. The Balaban J connectivity index is 1.44. The van der Waals surface area contributed by atoms with Gasteiger partial charge < -0.3 is 10.6 Å². The highest BCUT2D eigenvalue weighted by Crippen LogP contribution is 2.37. The van der Waals surface area contributed by atoms with Crippen LogP contribution in [0.2, 0.25) is 0 Å². The van der Waals surface area contributed by atoms with Crippen LogP contribution in [0.5, 0.6) is 0 Å². The van der Waals surface area contributed by atoms with Gasteiger partial charge in [0.05, 0.1) is 30.5 Å². The number of anilines is 1. The average molecular weight is 451 g/mol. The zero-order valence-electron chi connectivity index (χ0n) is 18.7. The molecule has 1 saturated heterocycles. The number of pyridine rings is 2. The zero-order valence-corrected chi connectivity index (χ0v) is 18.7. The predicted molar refractivity (Wildman–Crippen MR) is 125 cm³/mol. The summed E-state index contributed by atoms with van der Waals surface area (Å²) in [5, 5.41) is 0.277. The molecule has 7 heteroatoms. The van der Waals surface area contributed by atoms with Crippen molar-refractivity contribution in [1.82, 2.24) is 9.97 Å². The number of aromatic nitrogens is 2. The Hall–Kier alpha value is -2.93. The van der Waals surface area contributed by atoms with Gasteiger partial charge in [0.1, 0.15) is 12.0 Å². The molecule has 172 valence electrons. The largest absolute Gasteiger partial charge is 0.364 e. The fraction of sp³-hybridized carbons (Fsp3) is 0.423. The van der Waals surface area contributed by atoms with Gasteiger partial charge in [-0.05, 0) is 66.5 Å². The summed E-state index contributed by atoms with van der Waals surface area (Å²) in [7, 11) is 0. The number of rotatable bonds is 5. The average Bonchev–Trinajstić information content (AvgIpc) is 2.77. The molecule has 2 aliphatic rings.